The number of anilines is 1. The predicted molar refractivity (Wildman–Crippen MR) is 103 cm³/mol. The van der Waals surface area contributed by atoms with Gasteiger partial charge in [0.05, 0.1) is 11.4 Å². The van der Waals surface area contributed by atoms with Crippen molar-refractivity contribution in [2.24, 2.45) is 0 Å². The quantitative estimate of drug-likeness (QED) is 0.475. The second kappa shape index (κ2) is 8.24. The number of aromatic nitrogens is 4. The van der Waals surface area contributed by atoms with Crippen LogP contribution in [-0.2, 0) is 4.79 Å². The highest BCUT2D eigenvalue weighted by Gasteiger charge is 2.12. The van der Waals surface area contributed by atoms with Crippen molar-refractivity contribution in [2.75, 3.05) is 11.1 Å². The zero-order valence-corrected chi connectivity index (χ0v) is 16.1. The summed E-state index contributed by atoms with van der Waals surface area (Å²) in [6.45, 7) is 1.48. The van der Waals surface area contributed by atoms with E-state index in [1.807, 2.05) is 24.3 Å². The summed E-state index contributed by atoms with van der Waals surface area (Å²) >= 11 is 4.61. The second-order valence-corrected chi connectivity index (χ2v) is 7.18. The van der Waals surface area contributed by atoms with Gasteiger partial charge >= 0.3 is 0 Å². The van der Waals surface area contributed by atoms with Gasteiger partial charge in [0, 0.05) is 15.7 Å². The Labute approximate surface area is 162 Å². The lowest BCUT2D eigenvalue weighted by molar-refractivity contribution is -0.113. The summed E-state index contributed by atoms with van der Waals surface area (Å²) in [5.74, 6) is -0.119. The number of rotatable bonds is 6. The molecule has 9 heteroatoms. The third kappa shape index (κ3) is 4.55. The Bertz CT molecular complexity index is 942. The summed E-state index contributed by atoms with van der Waals surface area (Å²) < 4.78 is 2.52. The highest BCUT2D eigenvalue weighted by Crippen LogP contribution is 2.20. The van der Waals surface area contributed by atoms with Crippen LogP contribution in [0.3, 0.4) is 0 Å². The molecule has 0 spiro atoms. The standard InChI is InChI=1S/C17H14BrN5O2S/c1-11(24)12-3-2-4-14(9-12)19-16(25)10-26-17-20-21-22-23(17)15-7-5-13(18)6-8-15/h2-9H,10H2,1H3,(H,19,25). The number of carbonyl (C=O) groups is 2. The Kier molecular flexibility index (Phi) is 5.79. The molecule has 0 bridgehead atoms. The van der Waals surface area contributed by atoms with Crippen LogP contribution in [0.5, 0.6) is 0 Å². The zero-order chi connectivity index (χ0) is 18.5. The highest BCUT2D eigenvalue weighted by molar-refractivity contribution is 9.10. The molecule has 0 fully saturated rings. The van der Waals surface area contributed by atoms with Crippen molar-refractivity contribution in [3.8, 4) is 5.69 Å². The van der Waals surface area contributed by atoms with Crippen LogP contribution in [0, 0.1) is 0 Å². The molecule has 0 aliphatic carbocycles. The smallest absolute Gasteiger partial charge is 0.234 e. The summed E-state index contributed by atoms with van der Waals surface area (Å²) in [4.78, 5) is 23.6. The topological polar surface area (TPSA) is 89.8 Å². The van der Waals surface area contributed by atoms with Crippen LogP contribution >= 0.6 is 27.7 Å². The number of ketones is 1. The van der Waals surface area contributed by atoms with Crippen molar-refractivity contribution in [1.29, 1.82) is 0 Å². The van der Waals surface area contributed by atoms with Crippen LogP contribution < -0.4 is 5.32 Å². The molecule has 0 atom stereocenters. The number of hydrogen-bond acceptors (Lipinski definition) is 6. The fourth-order valence-corrected chi connectivity index (χ4v) is 3.11. The van der Waals surface area contributed by atoms with E-state index in [9.17, 15) is 9.59 Å². The molecule has 0 saturated heterocycles. The average molecular weight is 432 g/mol. The minimum atomic E-state index is -0.207. The number of nitrogens with one attached hydrogen (secondary N) is 1. The number of carbonyl (C=O) groups excluding carboxylic acids is 2. The Morgan fingerprint density at radius 2 is 1.96 bits per heavy atom. The number of halogens is 1. The van der Waals surface area contributed by atoms with E-state index in [1.54, 1.807) is 28.9 Å². The van der Waals surface area contributed by atoms with E-state index in [0.29, 0.717) is 16.4 Å². The summed E-state index contributed by atoms with van der Waals surface area (Å²) in [5, 5.41) is 14.9. The van der Waals surface area contributed by atoms with Gasteiger partial charge in [-0.25, -0.2) is 0 Å². The first-order chi connectivity index (χ1) is 12.5. The van der Waals surface area contributed by atoms with Gasteiger partial charge in [0.2, 0.25) is 11.1 Å². The van der Waals surface area contributed by atoms with E-state index in [4.69, 9.17) is 0 Å². The molecule has 0 unspecified atom stereocenters. The van der Waals surface area contributed by atoms with Gasteiger partial charge in [0.1, 0.15) is 0 Å². The molecule has 1 amide bonds. The van der Waals surface area contributed by atoms with Gasteiger partial charge in [-0.05, 0) is 53.7 Å². The zero-order valence-electron chi connectivity index (χ0n) is 13.7. The lowest BCUT2D eigenvalue weighted by Crippen LogP contribution is -2.15. The molecule has 2 aromatic carbocycles. The molecule has 3 aromatic rings. The first kappa shape index (κ1) is 18.3. The lowest BCUT2D eigenvalue weighted by Gasteiger charge is -2.07. The van der Waals surface area contributed by atoms with Crippen LogP contribution in [0.25, 0.3) is 5.69 Å². The van der Waals surface area contributed by atoms with Gasteiger partial charge < -0.3 is 5.32 Å². The SMILES string of the molecule is CC(=O)c1cccc(NC(=O)CSc2nnnn2-c2ccc(Br)cc2)c1. The van der Waals surface area contributed by atoms with Gasteiger partial charge in [0.25, 0.3) is 0 Å². The highest BCUT2D eigenvalue weighted by atomic mass is 79.9. The van der Waals surface area contributed by atoms with Crippen LogP contribution in [0.15, 0.2) is 58.2 Å². The van der Waals surface area contributed by atoms with Crippen LogP contribution in [-0.4, -0.2) is 37.7 Å². The number of nitrogens with zero attached hydrogens (tertiary/aromatic N) is 4. The van der Waals surface area contributed by atoms with Crippen molar-refractivity contribution in [1.82, 2.24) is 20.2 Å². The minimum absolute atomic E-state index is 0.0517. The fraction of sp³-hybridized carbons (Fsp3) is 0.118. The fourth-order valence-electron chi connectivity index (χ4n) is 2.16. The number of tetrazole rings is 1. The monoisotopic (exact) mass is 431 g/mol. The van der Waals surface area contributed by atoms with Crippen molar-refractivity contribution in [3.63, 3.8) is 0 Å². The summed E-state index contributed by atoms with van der Waals surface area (Å²) in [7, 11) is 0. The van der Waals surface area contributed by atoms with E-state index in [-0.39, 0.29) is 17.4 Å². The van der Waals surface area contributed by atoms with E-state index < -0.39 is 0 Å². The van der Waals surface area contributed by atoms with Crippen LogP contribution in [0.4, 0.5) is 5.69 Å². The Morgan fingerprint density at radius 1 is 1.19 bits per heavy atom. The summed E-state index contributed by atoms with van der Waals surface area (Å²) in [6, 6.07) is 14.3. The second-order valence-electron chi connectivity index (χ2n) is 5.32. The van der Waals surface area contributed by atoms with Crippen molar-refractivity contribution >= 4 is 45.1 Å². The maximum atomic E-state index is 12.2. The van der Waals surface area contributed by atoms with Gasteiger partial charge in [-0.15, -0.1) is 5.10 Å². The maximum absolute atomic E-state index is 12.2. The largest absolute Gasteiger partial charge is 0.325 e. The third-order valence-corrected chi connectivity index (χ3v) is 4.85. The molecule has 0 saturated carbocycles. The molecule has 1 aromatic heterocycles. The normalized spacial score (nSPS) is 10.5. The van der Waals surface area contributed by atoms with Gasteiger partial charge in [-0.3, -0.25) is 9.59 Å². The number of Topliss-reactive ketones (excluding diaryl/α,β-unsaturated/α-hetero) is 1. The molecule has 0 aliphatic rings. The average Bonchev–Trinajstić information content (AvgIpc) is 3.09. The Morgan fingerprint density at radius 3 is 2.69 bits per heavy atom. The molecule has 1 heterocycles. The molecule has 26 heavy (non-hydrogen) atoms. The predicted octanol–water partition coefficient (Wildman–Crippen LogP) is 3.36. The first-order valence-corrected chi connectivity index (χ1v) is 9.39. The van der Waals surface area contributed by atoms with E-state index in [1.165, 1.54) is 18.7 Å². The molecular formula is C17H14BrN5O2S. The lowest BCUT2D eigenvalue weighted by atomic mass is 10.1. The number of benzene rings is 2. The number of thioether (sulfide) groups is 1. The molecule has 132 valence electrons. The summed E-state index contributed by atoms with van der Waals surface area (Å²) in [6.07, 6.45) is 0. The van der Waals surface area contributed by atoms with Crippen LogP contribution in [0.1, 0.15) is 17.3 Å². The van der Waals surface area contributed by atoms with Crippen LogP contribution in [0.2, 0.25) is 0 Å². The number of amides is 1. The van der Waals surface area contributed by atoms with E-state index in [2.05, 4.69) is 36.8 Å². The van der Waals surface area contributed by atoms with Crippen molar-refractivity contribution in [3.05, 3.63) is 58.6 Å². The molecule has 0 aliphatic heterocycles. The molecule has 1 N–H and O–H groups in total. The molecule has 0 radical (unpaired) electrons. The third-order valence-electron chi connectivity index (χ3n) is 3.40. The summed E-state index contributed by atoms with van der Waals surface area (Å²) in [5.41, 5.74) is 1.93. The molecular weight excluding hydrogens is 418 g/mol. The van der Waals surface area contributed by atoms with Gasteiger partial charge in [-0.2, -0.15) is 4.68 Å². The minimum Gasteiger partial charge on any atom is -0.325 e. The van der Waals surface area contributed by atoms with Crippen molar-refractivity contribution in [2.45, 2.75) is 12.1 Å². The Hall–Kier alpha value is -2.52. The van der Waals surface area contributed by atoms with Gasteiger partial charge in [0.15, 0.2) is 5.78 Å². The maximum Gasteiger partial charge on any atom is 0.234 e. The van der Waals surface area contributed by atoms with Gasteiger partial charge in [-0.1, -0.05) is 39.8 Å². The van der Waals surface area contributed by atoms with Crippen molar-refractivity contribution < 1.29 is 9.59 Å². The van der Waals surface area contributed by atoms with E-state index in [0.717, 1.165) is 10.2 Å². The molecule has 7 nitrogen and oxygen atoms in total. The van der Waals surface area contributed by atoms with E-state index >= 15 is 0 Å². The first-order valence-electron chi connectivity index (χ1n) is 7.61. The molecule has 3 rings (SSSR count). The Balaban J connectivity index is 1.64. The number of hydrogen-bond donors (Lipinski definition) is 1.